The van der Waals surface area contributed by atoms with Gasteiger partial charge >= 0.3 is 23.9 Å². The third-order valence-corrected chi connectivity index (χ3v) is 5.47. The first-order chi connectivity index (χ1) is 16.3. The Bertz CT molecular complexity index is 799. The lowest BCUT2D eigenvalue weighted by Gasteiger charge is -2.17. The molecule has 0 aliphatic carbocycles. The van der Waals surface area contributed by atoms with Crippen molar-refractivity contribution >= 4 is 23.9 Å². The standard InChI is InChI=1S/C24H30O10/c1-15(21(25)31-13-17-7-5-11-29-17)33-23(27)19-9-3-4-10-20(19)24(28)34-16(2)22(26)32-14-18-8-6-12-30-18/h3-4,9-10,15-18H,5-8,11-14H2,1-2H3. The fraction of sp³-hybridized carbons (Fsp3) is 0.583. The second-order valence-corrected chi connectivity index (χ2v) is 8.17. The van der Waals surface area contributed by atoms with Crippen molar-refractivity contribution in [3.8, 4) is 0 Å². The first kappa shape index (κ1) is 25.6. The van der Waals surface area contributed by atoms with Crippen LogP contribution in [0.4, 0.5) is 0 Å². The predicted molar refractivity (Wildman–Crippen MR) is 116 cm³/mol. The molecule has 4 unspecified atom stereocenters. The third-order valence-electron chi connectivity index (χ3n) is 5.47. The van der Waals surface area contributed by atoms with Crippen molar-refractivity contribution in [2.24, 2.45) is 0 Å². The molecule has 1 aromatic rings. The molecule has 1 aromatic carbocycles. The van der Waals surface area contributed by atoms with E-state index in [1.807, 2.05) is 0 Å². The lowest BCUT2D eigenvalue weighted by atomic mass is 10.1. The summed E-state index contributed by atoms with van der Waals surface area (Å²) in [7, 11) is 0. The highest BCUT2D eigenvalue weighted by atomic mass is 16.6. The Balaban J connectivity index is 1.52. The van der Waals surface area contributed by atoms with Crippen molar-refractivity contribution < 1.29 is 47.6 Å². The van der Waals surface area contributed by atoms with E-state index >= 15 is 0 Å². The van der Waals surface area contributed by atoms with Gasteiger partial charge in [-0.05, 0) is 51.7 Å². The smallest absolute Gasteiger partial charge is 0.347 e. The fourth-order valence-corrected chi connectivity index (χ4v) is 3.52. The summed E-state index contributed by atoms with van der Waals surface area (Å²) in [4.78, 5) is 49.6. The fourth-order valence-electron chi connectivity index (χ4n) is 3.52. The van der Waals surface area contributed by atoms with E-state index in [2.05, 4.69) is 0 Å². The van der Waals surface area contributed by atoms with Crippen LogP contribution in [0.25, 0.3) is 0 Å². The van der Waals surface area contributed by atoms with Gasteiger partial charge in [0, 0.05) is 13.2 Å². The highest BCUT2D eigenvalue weighted by molar-refractivity contribution is 6.04. The summed E-state index contributed by atoms with van der Waals surface area (Å²) in [6, 6.07) is 5.80. The van der Waals surface area contributed by atoms with Gasteiger partial charge in [-0.3, -0.25) is 0 Å². The number of carbonyl (C=O) groups is 4. The van der Waals surface area contributed by atoms with Crippen LogP contribution in [0.3, 0.4) is 0 Å². The molecule has 34 heavy (non-hydrogen) atoms. The Labute approximate surface area is 197 Å². The molecule has 0 saturated carbocycles. The summed E-state index contributed by atoms with van der Waals surface area (Å²) in [6.45, 7) is 4.19. The number of carbonyl (C=O) groups excluding carboxylic acids is 4. The largest absolute Gasteiger partial charge is 0.460 e. The van der Waals surface area contributed by atoms with Crippen LogP contribution in [-0.4, -0.2) is 74.7 Å². The lowest BCUT2D eigenvalue weighted by molar-refractivity contribution is -0.156. The van der Waals surface area contributed by atoms with E-state index in [4.69, 9.17) is 28.4 Å². The molecule has 4 atom stereocenters. The molecule has 0 spiro atoms. The second-order valence-electron chi connectivity index (χ2n) is 8.17. The average molecular weight is 478 g/mol. The number of hydrogen-bond donors (Lipinski definition) is 0. The van der Waals surface area contributed by atoms with Crippen molar-refractivity contribution in [3.05, 3.63) is 35.4 Å². The van der Waals surface area contributed by atoms with Crippen LogP contribution in [0.15, 0.2) is 24.3 Å². The quantitative estimate of drug-likeness (QED) is 0.365. The zero-order chi connectivity index (χ0) is 24.5. The van der Waals surface area contributed by atoms with E-state index in [0.717, 1.165) is 25.7 Å². The topological polar surface area (TPSA) is 124 Å². The number of esters is 4. The minimum atomic E-state index is -1.19. The maximum absolute atomic E-state index is 12.6. The summed E-state index contributed by atoms with van der Waals surface area (Å²) in [5.41, 5.74) is -0.211. The van der Waals surface area contributed by atoms with Gasteiger partial charge in [0.05, 0.1) is 23.3 Å². The maximum Gasteiger partial charge on any atom is 0.347 e. The molecule has 0 N–H and O–H groups in total. The van der Waals surface area contributed by atoms with Crippen molar-refractivity contribution in [3.63, 3.8) is 0 Å². The first-order valence-corrected chi connectivity index (χ1v) is 11.4. The minimum absolute atomic E-state index is 0.0878. The monoisotopic (exact) mass is 478 g/mol. The van der Waals surface area contributed by atoms with E-state index in [1.165, 1.54) is 38.1 Å². The number of benzene rings is 1. The number of rotatable bonds is 10. The normalized spacial score (nSPS) is 21.4. The van der Waals surface area contributed by atoms with E-state index < -0.39 is 36.1 Å². The molecule has 186 valence electrons. The highest BCUT2D eigenvalue weighted by Gasteiger charge is 2.28. The van der Waals surface area contributed by atoms with Gasteiger partial charge in [0.2, 0.25) is 0 Å². The van der Waals surface area contributed by atoms with E-state index in [1.54, 1.807) is 0 Å². The SMILES string of the molecule is CC(OC(=O)c1ccccc1C(=O)OC(C)C(=O)OCC1CCCO1)C(=O)OCC1CCCO1. The van der Waals surface area contributed by atoms with Crippen molar-refractivity contribution in [1.82, 2.24) is 0 Å². The van der Waals surface area contributed by atoms with Crippen LogP contribution in [0.1, 0.15) is 60.2 Å². The summed E-state index contributed by atoms with van der Waals surface area (Å²) < 4.78 is 31.4. The molecule has 3 rings (SSSR count). The maximum atomic E-state index is 12.6. The summed E-state index contributed by atoms with van der Waals surface area (Å²) in [5.74, 6) is -3.23. The van der Waals surface area contributed by atoms with Gasteiger partial charge in [-0.25, -0.2) is 19.2 Å². The van der Waals surface area contributed by atoms with Gasteiger partial charge in [0.25, 0.3) is 0 Å². The van der Waals surface area contributed by atoms with Gasteiger partial charge in [0.15, 0.2) is 12.2 Å². The van der Waals surface area contributed by atoms with Gasteiger partial charge in [0.1, 0.15) is 13.2 Å². The molecule has 0 amide bonds. The van der Waals surface area contributed by atoms with E-state index in [-0.39, 0.29) is 36.5 Å². The summed E-state index contributed by atoms with van der Waals surface area (Å²) in [6.07, 6.45) is 0.738. The predicted octanol–water partition coefficient (Wildman–Crippen LogP) is 2.22. The molecule has 10 nitrogen and oxygen atoms in total. The van der Waals surface area contributed by atoms with Crippen LogP contribution < -0.4 is 0 Å². The third kappa shape index (κ3) is 7.26. The van der Waals surface area contributed by atoms with Gasteiger partial charge < -0.3 is 28.4 Å². The second kappa shape index (κ2) is 12.5. The molecule has 2 fully saturated rings. The van der Waals surface area contributed by atoms with Gasteiger partial charge in [-0.2, -0.15) is 0 Å². The summed E-state index contributed by atoms with van der Waals surface area (Å²) in [5, 5.41) is 0. The zero-order valence-corrected chi connectivity index (χ0v) is 19.4. The van der Waals surface area contributed by atoms with Crippen LogP contribution in [0, 0.1) is 0 Å². The molecule has 2 aliphatic heterocycles. The van der Waals surface area contributed by atoms with Crippen molar-refractivity contribution in [2.75, 3.05) is 26.4 Å². The molecule has 2 heterocycles. The first-order valence-electron chi connectivity index (χ1n) is 11.4. The molecule has 2 saturated heterocycles. The lowest BCUT2D eigenvalue weighted by Crippen LogP contribution is -2.31. The zero-order valence-electron chi connectivity index (χ0n) is 19.4. The van der Waals surface area contributed by atoms with E-state index in [9.17, 15) is 19.2 Å². The van der Waals surface area contributed by atoms with Gasteiger partial charge in [-0.1, -0.05) is 12.1 Å². The van der Waals surface area contributed by atoms with Crippen molar-refractivity contribution in [2.45, 2.75) is 63.9 Å². The molecule has 0 aromatic heterocycles. The van der Waals surface area contributed by atoms with E-state index in [0.29, 0.717) is 13.2 Å². The molecule has 0 radical (unpaired) electrons. The molecular formula is C24H30O10. The number of hydrogen-bond acceptors (Lipinski definition) is 10. The summed E-state index contributed by atoms with van der Waals surface area (Å²) >= 11 is 0. The molecule has 0 bridgehead atoms. The Morgan fingerprint density at radius 1 is 0.794 bits per heavy atom. The molecule has 10 heteroatoms. The number of ether oxygens (including phenoxy) is 6. The van der Waals surface area contributed by atoms with Gasteiger partial charge in [-0.15, -0.1) is 0 Å². The minimum Gasteiger partial charge on any atom is -0.460 e. The molecular weight excluding hydrogens is 448 g/mol. The molecule has 2 aliphatic rings. The van der Waals surface area contributed by atoms with Crippen LogP contribution in [-0.2, 0) is 38.0 Å². The van der Waals surface area contributed by atoms with Crippen LogP contribution in [0.2, 0.25) is 0 Å². The Morgan fingerprint density at radius 2 is 1.21 bits per heavy atom. The Hall–Kier alpha value is -2.98. The van der Waals surface area contributed by atoms with Crippen LogP contribution in [0.5, 0.6) is 0 Å². The Morgan fingerprint density at radius 3 is 1.56 bits per heavy atom. The highest BCUT2D eigenvalue weighted by Crippen LogP contribution is 2.17. The van der Waals surface area contributed by atoms with Crippen LogP contribution >= 0.6 is 0 Å². The average Bonchev–Trinajstić information content (AvgIpc) is 3.55. The Kier molecular flexibility index (Phi) is 9.41. The van der Waals surface area contributed by atoms with Crippen molar-refractivity contribution in [1.29, 1.82) is 0 Å².